The number of benzene rings is 1. The van der Waals surface area contributed by atoms with E-state index in [0.29, 0.717) is 4.91 Å². The van der Waals surface area contributed by atoms with Crippen molar-refractivity contribution < 1.29 is 14.3 Å². The van der Waals surface area contributed by atoms with E-state index in [2.05, 4.69) is 6.58 Å². The molecule has 0 aromatic heterocycles. The number of hydrogen-bond donors (Lipinski definition) is 0. The van der Waals surface area contributed by atoms with E-state index < -0.39 is 0 Å². The van der Waals surface area contributed by atoms with Gasteiger partial charge in [0.15, 0.2) is 0 Å². The predicted octanol–water partition coefficient (Wildman–Crippen LogP) is 3.47. The zero-order chi connectivity index (χ0) is 15.2. The Morgan fingerprint density at radius 1 is 1.29 bits per heavy atom. The minimum atomic E-state index is -0.274. The summed E-state index contributed by atoms with van der Waals surface area (Å²) in [4.78, 5) is 25.2. The van der Waals surface area contributed by atoms with Crippen LogP contribution < -0.4 is 4.74 Å². The number of methoxy groups -OCH3 is 1. The lowest BCUT2D eigenvalue weighted by molar-refractivity contribution is -0.122. The van der Waals surface area contributed by atoms with Crippen molar-refractivity contribution in [2.24, 2.45) is 0 Å². The van der Waals surface area contributed by atoms with Gasteiger partial charge in [-0.3, -0.25) is 14.5 Å². The van der Waals surface area contributed by atoms with Crippen molar-refractivity contribution in [1.82, 2.24) is 4.90 Å². The van der Waals surface area contributed by atoms with Gasteiger partial charge in [-0.2, -0.15) is 0 Å². The Bertz CT molecular complexity index is 617. The van der Waals surface area contributed by atoms with E-state index in [4.69, 9.17) is 4.74 Å². The van der Waals surface area contributed by atoms with Gasteiger partial charge >= 0.3 is 0 Å². The zero-order valence-electron chi connectivity index (χ0n) is 11.6. The predicted molar refractivity (Wildman–Crippen MR) is 85.0 cm³/mol. The van der Waals surface area contributed by atoms with Gasteiger partial charge in [-0.1, -0.05) is 30.4 Å². The summed E-state index contributed by atoms with van der Waals surface area (Å²) in [5.41, 5.74) is 0.984. The van der Waals surface area contributed by atoms with E-state index in [1.165, 1.54) is 11.0 Å². The average molecular weight is 301 g/mol. The number of carbonyl (C=O) groups is 2. The molecule has 0 saturated carbocycles. The van der Waals surface area contributed by atoms with Crippen molar-refractivity contribution >= 4 is 29.0 Å². The Labute approximate surface area is 127 Å². The lowest BCUT2D eigenvalue weighted by Crippen LogP contribution is -2.27. The fraction of sp³-hybridized carbons (Fsp3) is 0.125. The van der Waals surface area contributed by atoms with Crippen LogP contribution in [0.25, 0.3) is 6.08 Å². The summed E-state index contributed by atoms with van der Waals surface area (Å²) < 4.78 is 5.08. The van der Waals surface area contributed by atoms with Gasteiger partial charge in [0.1, 0.15) is 5.75 Å². The fourth-order valence-electron chi connectivity index (χ4n) is 1.76. The Hall–Kier alpha value is -2.27. The molecule has 1 heterocycles. The molecule has 0 N–H and O–H groups in total. The van der Waals surface area contributed by atoms with Crippen LogP contribution in [0.2, 0.25) is 0 Å². The van der Waals surface area contributed by atoms with Crippen LogP contribution >= 0.6 is 11.8 Å². The number of thioether (sulfide) groups is 1. The molecular weight excluding hydrogens is 286 g/mol. The summed E-state index contributed by atoms with van der Waals surface area (Å²) in [7, 11) is 1.62. The molecule has 0 aliphatic carbocycles. The van der Waals surface area contributed by atoms with Crippen molar-refractivity contribution in [3.63, 3.8) is 0 Å². The minimum Gasteiger partial charge on any atom is -0.497 e. The van der Waals surface area contributed by atoms with Gasteiger partial charge in [-0.05, 0) is 35.5 Å². The van der Waals surface area contributed by atoms with Gasteiger partial charge in [0.2, 0.25) is 0 Å². The van der Waals surface area contributed by atoms with E-state index in [1.807, 2.05) is 30.3 Å². The molecule has 0 atom stereocenters. The van der Waals surface area contributed by atoms with Crippen molar-refractivity contribution in [3.05, 3.63) is 59.5 Å². The van der Waals surface area contributed by atoms with E-state index in [0.717, 1.165) is 23.1 Å². The summed E-state index contributed by atoms with van der Waals surface area (Å²) in [5.74, 6) is 0.516. The van der Waals surface area contributed by atoms with Crippen molar-refractivity contribution in [3.8, 4) is 5.75 Å². The lowest BCUT2D eigenvalue weighted by atomic mass is 10.2. The number of imide groups is 1. The first kappa shape index (κ1) is 15.1. The molecule has 1 fully saturated rings. The molecule has 1 aliphatic heterocycles. The largest absolute Gasteiger partial charge is 0.497 e. The summed E-state index contributed by atoms with van der Waals surface area (Å²) in [6.45, 7) is 3.78. The monoisotopic (exact) mass is 301 g/mol. The second kappa shape index (κ2) is 6.95. The van der Waals surface area contributed by atoms with Crippen LogP contribution in [0, 0.1) is 0 Å². The van der Waals surface area contributed by atoms with Crippen LogP contribution in [-0.4, -0.2) is 29.7 Å². The highest BCUT2D eigenvalue weighted by Crippen LogP contribution is 2.30. The Morgan fingerprint density at radius 2 is 2.00 bits per heavy atom. The smallest absolute Gasteiger partial charge is 0.293 e. The van der Waals surface area contributed by atoms with Gasteiger partial charge in [0.25, 0.3) is 11.1 Å². The standard InChI is InChI=1S/C16H15NO3S/c1-3-11-17-15(18)14(21-16(17)19)6-4-5-12-7-9-13(20-2)10-8-12/h3-10H,1,11H2,2H3/b5-4+,14-6-. The maximum absolute atomic E-state index is 11.9. The molecule has 2 rings (SSSR count). The van der Waals surface area contributed by atoms with E-state index in [1.54, 1.807) is 19.3 Å². The summed E-state index contributed by atoms with van der Waals surface area (Å²) >= 11 is 0.942. The summed E-state index contributed by atoms with van der Waals surface area (Å²) in [6, 6.07) is 7.54. The first-order valence-corrected chi connectivity index (χ1v) is 7.14. The number of carbonyl (C=O) groups excluding carboxylic acids is 2. The Morgan fingerprint density at radius 3 is 2.62 bits per heavy atom. The molecule has 1 aliphatic rings. The van der Waals surface area contributed by atoms with E-state index >= 15 is 0 Å². The third-order valence-corrected chi connectivity index (χ3v) is 3.76. The molecular formula is C16H15NO3S. The molecule has 0 radical (unpaired) electrons. The fourth-order valence-corrected chi connectivity index (χ4v) is 2.56. The van der Waals surface area contributed by atoms with Gasteiger partial charge < -0.3 is 4.74 Å². The summed E-state index contributed by atoms with van der Waals surface area (Å²) in [5, 5.41) is -0.260. The number of hydrogen-bond acceptors (Lipinski definition) is 4. The minimum absolute atomic E-state index is 0.240. The van der Waals surface area contributed by atoms with Crippen LogP contribution in [0.15, 0.2) is 54.0 Å². The third-order valence-electron chi connectivity index (χ3n) is 2.84. The molecule has 1 aromatic carbocycles. The van der Waals surface area contributed by atoms with Crippen molar-refractivity contribution in [2.75, 3.05) is 13.7 Å². The van der Waals surface area contributed by atoms with Crippen LogP contribution in [0.4, 0.5) is 4.79 Å². The van der Waals surface area contributed by atoms with E-state index in [-0.39, 0.29) is 17.7 Å². The second-order valence-electron chi connectivity index (χ2n) is 4.24. The normalized spacial score (nSPS) is 17.0. The van der Waals surface area contributed by atoms with Crippen LogP contribution in [0.1, 0.15) is 5.56 Å². The SMILES string of the molecule is C=CCN1C(=O)S/C(=C\C=C\c2ccc(OC)cc2)C1=O. The van der Waals surface area contributed by atoms with Gasteiger partial charge in [0.05, 0.1) is 12.0 Å². The van der Waals surface area contributed by atoms with Crippen LogP contribution in [-0.2, 0) is 4.79 Å². The zero-order valence-corrected chi connectivity index (χ0v) is 12.4. The molecule has 21 heavy (non-hydrogen) atoms. The molecule has 4 nitrogen and oxygen atoms in total. The molecule has 1 saturated heterocycles. The summed E-state index contributed by atoms with van der Waals surface area (Å²) in [6.07, 6.45) is 6.80. The van der Waals surface area contributed by atoms with Gasteiger partial charge in [-0.25, -0.2) is 0 Å². The number of rotatable bonds is 5. The second-order valence-corrected chi connectivity index (χ2v) is 5.23. The first-order valence-electron chi connectivity index (χ1n) is 6.32. The molecule has 0 unspecified atom stereocenters. The van der Waals surface area contributed by atoms with Crippen molar-refractivity contribution in [2.45, 2.75) is 0 Å². The number of ether oxygens (including phenoxy) is 1. The molecule has 0 spiro atoms. The highest BCUT2D eigenvalue weighted by atomic mass is 32.2. The van der Waals surface area contributed by atoms with Gasteiger partial charge in [0, 0.05) is 6.54 Å². The first-order chi connectivity index (χ1) is 10.2. The maximum atomic E-state index is 11.9. The maximum Gasteiger partial charge on any atom is 0.293 e. The Balaban J connectivity index is 2.06. The Kier molecular flexibility index (Phi) is 5.00. The van der Waals surface area contributed by atoms with Crippen molar-refractivity contribution in [1.29, 1.82) is 0 Å². The molecule has 1 aromatic rings. The van der Waals surface area contributed by atoms with Crippen LogP contribution in [0.5, 0.6) is 5.75 Å². The topological polar surface area (TPSA) is 46.6 Å². The average Bonchev–Trinajstić information content (AvgIpc) is 2.76. The third kappa shape index (κ3) is 3.64. The molecule has 0 bridgehead atoms. The van der Waals surface area contributed by atoms with Gasteiger partial charge in [-0.15, -0.1) is 6.58 Å². The molecule has 2 amide bonds. The highest BCUT2D eigenvalue weighted by molar-refractivity contribution is 8.18. The number of amides is 2. The highest BCUT2D eigenvalue weighted by Gasteiger charge is 2.33. The number of nitrogens with zero attached hydrogens (tertiary/aromatic N) is 1. The molecule has 5 heteroatoms. The lowest BCUT2D eigenvalue weighted by Gasteiger charge is -2.07. The number of allylic oxidation sites excluding steroid dienone is 2. The molecule has 108 valence electrons. The van der Waals surface area contributed by atoms with Crippen LogP contribution in [0.3, 0.4) is 0 Å². The quantitative estimate of drug-likeness (QED) is 0.617. The van der Waals surface area contributed by atoms with E-state index in [9.17, 15) is 9.59 Å².